The predicted molar refractivity (Wildman–Crippen MR) is 66.1 cm³/mol. The molecule has 2 rings (SSSR count). The monoisotopic (exact) mass is 242 g/mol. The Hall–Kier alpha value is -2.15. The van der Waals surface area contributed by atoms with Crippen molar-refractivity contribution in [3.05, 3.63) is 34.4 Å². The van der Waals surface area contributed by atoms with Crippen LogP contribution in [0.2, 0.25) is 0 Å². The maximum absolute atomic E-state index is 12.2. The molecule has 0 fully saturated rings. The van der Waals surface area contributed by atoms with Gasteiger partial charge in [0.2, 0.25) is 0 Å². The van der Waals surface area contributed by atoms with Crippen LogP contribution in [0.1, 0.15) is 44.7 Å². The third kappa shape index (κ3) is 1.78. The van der Waals surface area contributed by atoms with E-state index in [-0.39, 0.29) is 11.8 Å². The number of unbranched alkanes of at least 4 members (excludes halogenated alkanes) is 1. The van der Waals surface area contributed by atoms with E-state index in [4.69, 9.17) is 5.26 Å². The lowest BCUT2D eigenvalue weighted by Crippen LogP contribution is -2.30. The Balaban J connectivity index is 2.36. The van der Waals surface area contributed by atoms with Gasteiger partial charge in [0.25, 0.3) is 11.8 Å². The molecule has 0 spiro atoms. The first-order chi connectivity index (χ1) is 8.57. The highest BCUT2D eigenvalue weighted by molar-refractivity contribution is 6.22. The van der Waals surface area contributed by atoms with Gasteiger partial charge in [-0.15, -0.1) is 0 Å². The fraction of sp³-hybridized carbons (Fsp3) is 0.357. The lowest BCUT2D eigenvalue weighted by Gasteiger charge is -2.12. The fourth-order valence-corrected chi connectivity index (χ4v) is 2.24. The molecular weight excluding hydrogens is 228 g/mol. The van der Waals surface area contributed by atoms with Gasteiger partial charge in [-0.05, 0) is 31.4 Å². The van der Waals surface area contributed by atoms with Crippen molar-refractivity contribution in [2.24, 2.45) is 0 Å². The molecule has 1 aromatic rings. The Kier molecular flexibility index (Phi) is 3.15. The lowest BCUT2D eigenvalue weighted by atomic mass is 9.99. The van der Waals surface area contributed by atoms with Crippen molar-refractivity contribution in [1.82, 2.24) is 4.90 Å². The van der Waals surface area contributed by atoms with Gasteiger partial charge in [0, 0.05) is 13.0 Å². The van der Waals surface area contributed by atoms with Gasteiger partial charge in [0.15, 0.2) is 0 Å². The number of fused-ring (bicyclic) bond motifs is 1. The second-order valence-corrected chi connectivity index (χ2v) is 4.47. The van der Waals surface area contributed by atoms with Crippen molar-refractivity contribution in [3.8, 4) is 6.07 Å². The number of hydrogen-bond acceptors (Lipinski definition) is 3. The van der Waals surface area contributed by atoms with E-state index in [1.165, 1.54) is 4.90 Å². The quantitative estimate of drug-likeness (QED) is 0.603. The highest BCUT2D eigenvalue weighted by Crippen LogP contribution is 2.28. The van der Waals surface area contributed by atoms with Crippen LogP contribution in [0.3, 0.4) is 0 Å². The summed E-state index contributed by atoms with van der Waals surface area (Å²) in [6, 6.07) is 5.73. The predicted octanol–water partition coefficient (Wildman–Crippen LogP) is 2.20. The van der Waals surface area contributed by atoms with Crippen LogP contribution in [0.25, 0.3) is 0 Å². The zero-order valence-electron chi connectivity index (χ0n) is 10.5. The summed E-state index contributed by atoms with van der Waals surface area (Å²) in [5.74, 6) is -0.455. The van der Waals surface area contributed by atoms with Gasteiger partial charge in [-0.3, -0.25) is 14.5 Å². The number of nitriles is 1. The van der Waals surface area contributed by atoms with Crippen LogP contribution in [-0.4, -0.2) is 23.3 Å². The molecule has 2 amide bonds. The molecule has 0 aliphatic carbocycles. The third-order valence-electron chi connectivity index (χ3n) is 3.21. The SMILES string of the molecule is Cc1ccc(C)c2c1C(=O)N(CCCC#N)C2=O. The number of imide groups is 1. The molecule has 0 saturated heterocycles. The highest BCUT2D eigenvalue weighted by Gasteiger charge is 2.37. The van der Waals surface area contributed by atoms with E-state index in [2.05, 4.69) is 0 Å². The van der Waals surface area contributed by atoms with Crippen molar-refractivity contribution in [1.29, 1.82) is 5.26 Å². The number of rotatable bonds is 3. The van der Waals surface area contributed by atoms with Gasteiger partial charge in [-0.2, -0.15) is 5.26 Å². The normalized spacial score (nSPS) is 13.7. The molecule has 4 nitrogen and oxygen atoms in total. The topological polar surface area (TPSA) is 61.2 Å². The molecule has 0 saturated carbocycles. The zero-order chi connectivity index (χ0) is 13.3. The van der Waals surface area contributed by atoms with Gasteiger partial charge in [0.1, 0.15) is 0 Å². The molecule has 1 heterocycles. The van der Waals surface area contributed by atoms with Crippen LogP contribution >= 0.6 is 0 Å². The van der Waals surface area contributed by atoms with E-state index in [1.807, 2.05) is 32.0 Å². The minimum Gasteiger partial charge on any atom is -0.274 e. The Bertz CT molecular complexity index is 529. The third-order valence-corrected chi connectivity index (χ3v) is 3.21. The molecule has 0 aromatic heterocycles. The second kappa shape index (κ2) is 4.61. The first kappa shape index (κ1) is 12.3. The van der Waals surface area contributed by atoms with Crippen LogP contribution in [0.15, 0.2) is 12.1 Å². The smallest absolute Gasteiger partial charge is 0.261 e. The molecule has 0 unspecified atom stereocenters. The Morgan fingerprint density at radius 2 is 1.61 bits per heavy atom. The number of nitrogens with zero attached hydrogens (tertiary/aromatic N) is 2. The summed E-state index contributed by atoms with van der Waals surface area (Å²) >= 11 is 0. The minimum atomic E-state index is -0.228. The second-order valence-electron chi connectivity index (χ2n) is 4.47. The molecule has 18 heavy (non-hydrogen) atoms. The summed E-state index contributed by atoms with van der Waals surface area (Å²) in [5.41, 5.74) is 2.71. The van der Waals surface area contributed by atoms with Crippen LogP contribution in [0.4, 0.5) is 0 Å². The number of amides is 2. The molecule has 0 atom stereocenters. The lowest BCUT2D eigenvalue weighted by molar-refractivity contribution is 0.0652. The molecule has 92 valence electrons. The Morgan fingerprint density at radius 1 is 1.11 bits per heavy atom. The molecule has 1 aliphatic heterocycles. The van der Waals surface area contributed by atoms with Gasteiger partial charge < -0.3 is 0 Å². The van der Waals surface area contributed by atoms with Gasteiger partial charge in [-0.25, -0.2) is 0 Å². The van der Waals surface area contributed by atoms with E-state index in [0.29, 0.717) is 30.5 Å². The average molecular weight is 242 g/mol. The number of aryl methyl sites for hydroxylation is 2. The standard InChI is InChI=1S/C14H14N2O2/c1-9-5-6-10(2)12-11(9)13(17)16(14(12)18)8-4-3-7-15/h5-6H,3-4,8H2,1-2H3. The van der Waals surface area contributed by atoms with E-state index >= 15 is 0 Å². The van der Waals surface area contributed by atoms with Crippen LogP contribution in [0.5, 0.6) is 0 Å². The van der Waals surface area contributed by atoms with Crippen molar-refractivity contribution in [2.75, 3.05) is 6.54 Å². The van der Waals surface area contributed by atoms with Crippen molar-refractivity contribution >= 4 is 11.8 Å². The number of carbonyl (C=O) groups excluding carboxylic acids is 2. The largest absolute Gasteiger partial charge is 0.274 e. The van der Waals surface area contributed by atoms with Crippen molar-refractivity contribution in [3.63, 3.8) is 0 Å². The van der Waals surface area contributed by atoms with Crippen LogP contribution < -0.4 is 0 Å². The van der Waals surface area contributed by atoms with Crippen LogP contribution in [0, 0.1) is 25.2 Å². The molecule has 1 aliphatic rings. The Morgan fingerprint density at radius 3 is 2.06 bits per heavy atom. The van der Waals surface area contributed by atoms with Gasteiger partial charge in [-0.1, -0.05) is 12.1 Å². The summed E-state index contributed by atoms with van der Waals surface area (Å²) < 4.78 is 0. The summed E-state index contributed by atoms with van der Waals surface area (Å²) in [4.78, 5) is 25.6. The van der Waals surface area contributed by atoms with E-state index in [1.54, 1.807) is 0 Å². The molecule has 1 aromatic carbocycles. The summed E-state index contributed by atoms with van der Waals surface area (Å²) in [6.45, 7) is 3.99. The number of benzene rings is 1. The molecular formula is C14H14N2O2. The fourth-order valence-electron chi connectivity index (χ4n) is 2.24. The molecule has 0 N–H and O–H groups in total. The van der Waals surface area contributed by atoms with E-state index in [0.717, 1.165) is 11.1 Å². The first-order valence-corrected chi connectivity index (χ1v) is 5.91. The van der Waals surface area contributed by atoms with E-state index in [9.17, 15) is 9.59 Å². The average Bonchev–Trinajstić information content (AvgIpc) is 2.59. The summed E-state index contributed by atoms with van der Waals surface area (Å²) in [7, 11) is 0. The minimum absolute atomic E-state index is 0.228. The number of hydrogen-bond donors (Lipinski definition) is 0. The maximum Gasteiger partial charge on any atom is 0.261 e. The molecule has 0 bridgehead atoms. The summed E-state index contributed by atoms with van der Waals surface area (Å²) in [6.07, 6.45) is 0.880. The first-order valence-electron chi connectivity index (χ1n) is 5.91. The van der Waals surface area contributed by atoms with Crippen molar-refractivity contribution < 1.29 is 9.59 Å². The maximum atomic E-state index is 12.2. The number of carbonyl (C=O) groups is 2. The zero-order valence-corrected chi connectivity index (χ0v) is 10.5. The summed E-state index contributed by atoms with van der Waals surface area (Å²) in [5, 5.41) is 8.50. The highest BCUT2D eigenvalue weighted by atomic mass is 16.2. The molecule has 4 heteroatoms. The van der Waals surface area contributed by atoms with Crippen molar-refractivity contribution in [2.45, 2.75) is 26.7 Å². The van der Waals surface area contributed by atoms with Gasteiger partial charge >= 0.3 is 0 Å². The van der Waals surface area contributed by atoms with Crippen LogP contribution in [-0.2, 0) is 0 Å². The van der Waals surface area contributed by atoms with Gasteiger partial charge in [0.05, 0.1) is 17.2 Å². The Labute approximate surface area is 106 Å². The van der Waals surface area contributed by atoms with E-state index < -0.39 is 0 Å². The molecule has 0 radical (unpaired) electrons.